The van der Waals surface area contributed by atoms with Gasteiger partial charge >= 0.3 is 0 Å². The Hall–Kier alpha value is -2.04. The smallest absolute Gasteiger partial charge is 0.242 e. The Bertz CT molecular complexity index is 808. The third-order valence-corrected chi connectivity index (χ3v) is 5.17. The lowest BCUT2D eigenvalue weighted by Crippen LogP contribution is -2.49. The van der Waals surface area contributed by atoms with Crippen molar-refractivity contribution in [1.82, 2.24) is 10.2 Å². The third-order valence-electron chi connectivity index (χ3n) is 4.68. The zero-order valence-corrected chi connectivity index (χ0v) is 17.9. The van der Waals surface area contributed by atoms with Crippen LogP contribution in [0.3, 0.4) is 0 Å². The second-order valence-corrected chi connectivity index (χ2v) is 7.82. The fourth-order valence-electron chi connectivity index (χ4n) is 2.76. The van der Waals surface area contributed by atoms with E-state index in [1.165, 1.54) is 0 Å². The van der Waals surface area contributed by atoms with Crippen LogP contribution in [0.2, 0.25) is 10.0 Å². The molecule has 0 saturated carbocycles. The summed E-state index contributed by atoms with van der Waals surface area (Å²) < 4.78 is 0. The van der Waals surface area contributed by atoms with Crippen LogP contribution in [0.15, 0.2) is 48.5 Å². The highest BCUT2D eigenvalue weighted by Gasteiger charge is 2.26. The molecule has 0 aliphatic carbocycles. The Kier molecular flexibility index (Phi) is 8.34. The molecule has 0 aromatic heterocycles. The number of benzene rings is 2. The van der Waals surface area contributed by atoms with Gasteiger partial charge in [-0.1, -0.05) is 54.4 Å². The molecule has 0 radical (unpaired) electrons. The Morgan fingerprint density at radius 3 is 2.29 bits per heavy atom. The number of halogens is 2. The minimum Gasteiger partial charge on any atom is -0.352 e. The summed E-state index contributed by atoms with van der Waals surface area (Å²) in [5.41, 5.74) is 1.72. The summed E-state index contributed by atoms with van der Waals surface area (Å²) in [6, 6.07) is 13.9. The van der Waals surface area contributed by atoms with Crippen molar-refractivity contribution in [3.8, 4) is 0 Å². The van der Waals surface area contributed by atoms with E-state index in [0.29, 0.717) is 16.6 Å². The van der Waals surface area contributed by atoms with E-state index < -0.39 is 6.04 Å². The largest absolute Gasteiger partial charge is 0.352 e. The summed E-state index contributed by atoms with van der Waals surface area (Å²) in [4.78, 5) is 27.3. The summed E-state index contributed by atoms with van der Waals surface area (Å²) in [5, 5.41) is 4.17. The molecule has 2 amide bonds. The molecule has 6 heteroatoms. The number of carbonyl (C=O) groups excluding carboxylic acids is 2. The van der Waals surface area contributed by atoms with Gasteiger partial charge in [-0.25, -0.2) is 0 Å². The van der Waals surface area contributed by atoms with E-state index in [1.807, 2.05) is 44.2 Å². The maximum atomic E-state index is 13.1. The van der Waals surface area contributed by atoms with Gasteiger partial charge in [0.25, 0.3) is 0 Å². The number of amides is 2. The highest BCUT2D eigenvalue weighted by molar-refractivity contribution is 6.30. The first-order chi connectivity index (χ1) is 13.3. The van der Waals surface area contributed by atoms with E-state index in [-0.39, 0.29) is 24.3 Å². The van der Waals surface area contributed by atoms with E-state index in [1.54, 1.807) is 30.0 Å². The molecule has 28 heavy (non-hydrogen) atoms. The molecule has 1 N–H and O–H groups in total. The molecule has 2 atom stereocenters. The summed E-state index contributed by atoms with van der Waals surface area (Å²) in [6.45, 7) is 6.01. The molecule has 0 bridgehead atoms. The van der Waals surface area contributed by atoms with Gasteiger partial charge in [0, 0.05) is 22.6 Å². The Morgan fingerprint density at radius 1 is 1.00 bits per heavy atom. The van der Waals surface area contributed by atoms with Gasteiger partial charge in [0.2, 0.25) is 11.8 Å². The van der Waals surface area contributed by atoms with Gasteiger partial charge in [-0.2, -0.15) is 0 Å². The molecule has 2 aromatic rings. The summed E-state index contributed by atoms with van der Waals surface area (Å²) >= 11 is 12.0. The number of hydrogen-bond donors (Lipinski definition) is 1. The molecular formula is C22H26Cl2N2O2. The van der Waals surface area contributed by atoms with Crippen molar-refractivity contribution in [2.45, 2.75) is 52.2 Å². The minimum atomic E-state index is -0.604. The van der Waals surface area contributed by atoms with Crippen molar-refractivity contribution in [3.05, 3.63) is 69.7 Å². The molecule has 0 spiro atoms. The zero-order chi connectivity index (χ0) is 20.7. The van der Waals surface area contributed by atoms with Gasteiger partial charge in [-0.3, -0.25) is 9.59 Å². The van der Waals surface area contributed by atoms with Gasteiger partial charge < -0.3 is 10.2 Å². The van der Waals surface area contributed by atoms with Crippen LogP contribution in [-0.4, -0.2) is 28.8 Å². The predicted molar refractivity (Wildman–Crippen MR) is 115 cm³/mol. The first-order valence-corrected chi connectivity index (χ1v) is 10.1. The number of nitrogens with zero attached hydrogens (tertiary/aromatic N) is 1. The SMILES string of the molecule is CC[C@H](C)NC(=O)[C@@H](C)N(Cc1cccc(Cl)c1)C(=O)Cc1ccc(Cl)cc1. The second-order valence-electron chi connectivity index (χ2n) is 6.95. The van der Waals surface area contributed by atoms with Crippen molar-refractivity contribution in [1.29, 1.82) is 0 Å². The topological polar surface area (TPSA) is 49.4 Å². The Morgan fingerprint density at radius 2 is 1.68 bits per heavy atom. The molecule has 0 saturated heterocycles. The first-order valence-electron chi connectivity index (χ1n) is 9.39. The van der Waals surface area contributed by atoms with Crippen molar-refractivity contribution in [2.75, 3.05) is 0 Å². The van der Waals surface area contributed by atoms with Gasteiger partial charge in [0.15, 0.2) is 0 Å². The molecule has 0 aliphatic heterocycles. The number of rotatable bonds is 8. The van der Waals surface area contributed by atoms with Crippen LogP contribution >= 0.6 is 23.2 Å². The minimum absolute atomic E-state index is 0.0503. The van der Waals surface area contributed by atoms with Crippen molar-refractivity contribution < 1.29 is 9.59 Å². The predicted octanol–water partition coefficient (Wildman–Crippen LogP) is 4.87. The van der Waals surface area contributed by atoms with Crippen LogP contribution in [0.4, 0.5) is 0 Å². The standard InChI is InChI=1S/C22H26Cl2N2O2/c1-4-15(2)25-22(28)16(3)26(14-18-6-5-7-20(24)12-18)21(27)13-17-8-10-19(23)11-9-17/h5-12,15-16H,4,13-14H2,1-3H3,(H,25,28)/t15-,16+/m0/s1. The van der Waals surface area contributed by atoms with Crippen molar-refractivity contribution in [2.24, 2.45) is 0 Å². The van der Waals surface area contributed by atoms with Crippen molar-refractivity contribution >= 4 is 35.0 Å². The van der Waals surface area contributed by atoms with Gasteiger partial charge in [-0.05, 0) is 55.7 Å². The molecule has 0 aliphatic rings. The fraction of sp³-hybridized carbons (Fsp3) is 0.364. The Balaban J connectivity index is 2.22. The Labute approximate surface area is 176 Å². The van der Waals surface area contributed by atoms with Gasteiger partial charge in [0.1, 0.15) is 6.04 Å². The highest BCUT2D eigenvalue weighted by atomic mass is 35.5. The molecule has 2 rings (SSSR count). The fourth-order valence-corrected chi connectivity index (χ4v) is 3.10. The molecule has 0 unspecified atom stereocenters. The molecule has 0 fully saturated rings. The average molecular weight is 421 g/mol. The zero-order valence-electron chi connectivity index (χ0n) is 16.4. The lowest BCUT2D eigenvalue weighted by molar-refractivity contribution is -0.140. The van der Waals surface area contributed by atoms with Crippen LogP contribution in [0.5, 0.6) is 0 Å². The van der Waals surface area contributed by atoms with E-state index in [9.17, 15) is 9.59 Å². The van der Waals surface area contributed by atoms with E-state index in [4.69, 9.17) is 23.2 Å². The first kappa shape index (κ1) is 22.3. The van der Waals surface area contributed by atoms with E-state index in [0.717, 1.165) is 17.5 Å². The third kappa shape index (κ3) is 6.54. The van der Waals surface area contributed by atoms with Crippen LogP contribution < -0.4 is 5.32 Å². The molecular weight excluding hydrogens is 395 g/mol. The summed E-state index contributed by atoms with van der Waals surface area (Å²) in [5.74, 6) is -0.296. The quantitative estimate of drug-likeness (QED) is 0.661. The number of carbonyl (C=O) groups is 2. The van der Waals surface area contributed by atoms with Gasteiger partial charge in [0.05, 0.1) is 6.42 Å². The monoisotopic (exact) mass is 420 g/mol. The van der Waals surface area contributed by atoms with Crippen LogP contribution in [-0.2, 0) is 22.6 Å². The number of nitrogens with one attached hydrogen (secondary N) is 1. The van der Waals surface area contributed by atoms with Gasteiger partial charge in [-0.15, -0.1) is 0 Å². The lowest BCUT2D eigenvalue weighted by Gasteiger charge is -2.30. The molecule has 150 valence electrons. The second kappa shape index (κ2) is 10.5. The maximum absolute atomic E-state index is 13.1. The molecule has 2 aromatic carbocycles. The highest BCUT2D eigenvalue weighted by Crippen LogP contribution is 2.17. The van der Waals surface area contributed by atoms with Crippen LogP contribution in [0, 0.1) is 0 Å². The molecule has 4 nitrogen and oxygen atoms in total. The van der Waals surface area contributed by atoms with E-state index in [2.05, 4.69) is 5.32 Å². The lowest BCUT2D eigenvalue weighted by atomic mass is 10.1. The van der Waals surface area contributed by atoms with Crippen LogP contribution in [0.25, 0.3) is 0 Å². The maximum Gasteiger partial charge on any atom is 0.242 e. The number of hydrogen-bond acceptors (Lipinski definition) is 2. The van der Waals surface area contributed by atoms with Crippen LogP contribution in [0.1, 0.15) is 38.3 Å². The average Bonchev–Trinajstić information content (AvgIpc) is 2.67. The molecule has 0 heterocycles. The van der Waals surface area contributed by atoms with E-state index >= 15 is 0 Å². The summed E-state index contributed by atoms with van der Waals surface area (Å²) in [6.07, 6.45) is 1.02. The normalized spacial score (nSPS) is 12.9. The van der Waals surface area contributed by atoms with Crippen molar-refractivity contribution in [3.63, 3.8) is 0 Å². The summed E-state index contributed by atoms with van der Waals surface area (Å²) in [7, 11) is 0.